The van der Waals surface area contributed by atoms with E-state index in [0.717, 1.165) is 9.75 Å². The lowest BCUT2D eigenvalue weighted by molar-refractivity contribution is -0.141. The number of aliphatic hydroxyl groups excluding tert-OH is 1. The smallest absolute Gasteiger partial charge is 0.328 e. The summed E-state index contributed by atoms with van der Waals surface area (Å²) in [5.74, 6) is -1.72. The van der Waals surface area contributed by atoms with Crippen molar-refractivity contribution in [2.45, 2.75) is 32.9 Å². The number of aliphatic hydroxyl groups is 1. The van der Waals surface area contributed by atoms with Gasteiger partial charge in [0.1, 0.15) is 0 Å². The Bertz CT molecular complexity index is 439. The molecule has 0 saturated carbocycles. The van der Waals surface area contributed by atoms with Crippen molar-refractivity contribution in [1.82, 2.24) is 5.32 Å². The maximum Gasteiger partial charge on any atom is 0.328 e. The average molecular weight is 257 g/mol. The lowest BCUT2D eigenvalue weighted by atomic mass is 10.1. The minimum absolute atomic E-state index is 0.458. The Balaban J connectivity index is 2.85. The first kappa shape index (κ1) is 13.7. The zero-order valence-corrected chi connectivity index (χ0v) is 10.7. The van der Waals surface area contributed by atoms with Gasteiger partial charge in [0.05, 0.1) is 11.7 Å². The van der Waals surface area contributed by atoms with E-state index in [-0.39, 0.29) is 0 Å². The predicted molar refractivity (Wildman–Crippen MR) is 64.4 cm³/mol. The molecule has 94 valence electrons. The number of carbonyl (C=O) groups is 2. The molecule has 5 nitrogen and oxygen atoms in total. The molecule has 0 bridgehead atoms. The fourth-order valence-electron chi connectivity index (χ4n) is 1.46. The monoisotopic (exact) mass is 257 g/mol. The predicted octanol–water partition coefficient (Wildman–Crippen LogP) is 0.929. The molecule has 2 atom stereocenters. The number of nitrogens with one attached hydrogen (secondary N) is 1. The van der Waals surface area contributed by atoms with Gasteiger partial charge in [0.2, 0.25) is 0 Å². The molecule has 3 N–H and O–H groups in total. The van der Waals surface area contributed by atoms with Crippen LogP contribution in [0, 0.1) is 13.8 Å². The van der Waals surface area contributed by atoms with E-state index in [1.807, 2.05) is 6.92 Å². The molecule has 0 saturated heterocycles. The van der Waals surface area contributed by atoms with Gasteiger partial charge in [-0.05, 0) is 26.8 Å². The molecule has 1 aromatic heterocycles. The SMILES string of the molecule is Cc1cc(C(=O)NC(C(=O)O)C(C)O)c(C)s1. The summed E-state index contributed by atoms with van der Waals surface area (Å²) in [4.78, 5) is 24.5. The number of thiophene rings is 1. The highest BCUT2D eigenvalue weighted by Gasteiger charge is 2.26. The van der Waals surface area contributed by atoms with Crippen molar-refractivity contribution in [3.63, 3.8) is 0 Å². The van der Waals surface area contributed by atoms with Crippen molar-refractivity contribution in [3.8, 4) is 0 Å². The fraction of sp³-hybridized carbons (Fsp3) is 0.455. The summed E-state index contributed by atoms with van der Waals surface area (Å²) in [5.41, 5.74) is 0.458. The Morgan fingerprint density at radius 1 is 1.41 bits per heavy atom. The molecular weight excluding hydrogens is 242 g/mol. The van der Waals surface area contributed by atoms with Gasteiger partial charge in [0.25, 0.3) is 5.91 Å². The number of carbonyl (C=O) groups excluding carboxylic acids is 1. The van der Waals surface area contributed by atoms with Crippen molar-refractivity contribution in [2.75, 3.05) is 0 Å². The third-order valence-corrected chi connectivity index (χ3v) is 3.29. The summed E-state index contributed by atoms with van der Waals surface area (Å²) in [6.07, 6.45) is -1.14. The van der Waals surface area contributed by atoms with Crippen LogP contribution in [0.5, 0.6) is 0 Å². The Kier molecular flexibility index (Phi) is 4.25. The van der Waals surface area contributed by atoms with E-state index in [4.69, 9.17) is 5.11 Å². The van der Waals surface area contributed by atoms with Gasteiger partial charge >= 0.3 is 5.97 Å². The molecule has 6 heteroatoms. The molecule has 0 spiro atoms. The quantitative estimate of drug-likeness (QED) is 0.749. The highest BCUT2D eigenvalue weighted by atomic mass is 32.1. The van der Waals surface area contributed by atoms with E-state index in [1.165, 1.54) is 18.3 Å². The van der Waals surface area contributed by atoms with Gasteiger partial charge in [-0.25, -0.2) is 4.79 Å². The maximum absolute atomic E-state index is 11.8. The van der Waals surface area contributed by atoms with E-state index >= 15 is 0 Å². The van der Waals surface area contributed by atoms with Gasteiger partial charge in [-0.3, -0.25) is 4.79 Å². The Morgan fingerprint density at radius 3 is 2.35 bits per heavy atom. The normalized spacial score (nSPS) is 14.1. The third-order valence-electron chi connectivity index (χ3n) is 2.32. The first-order chi connectivity index (χ1) is 7.82. The van der Waals surface area contributed by atoms with Crippen LogP contribution >= 0.6 is 11.3 Å². The Morgan fingerprint density at radius 2 is 2.00 bits per heavy atom. The van der Waals surface area contributed by atoms with Crippen molar-refractivity contribution in [1.29, 1.82) is 0 Å². The van der Waals surface area contributed by atoms with Gasteiger partial charge in [-0.1, -0.05) is 0 Å². The molecule has 0 fully saturated rings. The highest BCUT2D eigenvalue weighted by molar-refractivity contribution is 7.12. The van der Waals surface area contributed by atoms with Gasteiger partial charge in [0, 0.05) is 9.75 Å². The molecule has 17 heavy (non-hydrogen) atoms. The number of hydrogen-bond donors (Lipinski definition) is 3. The van der Waals surface area contributed by atoms with Crippen molar-refractivity contribution in [3.05, 3.63) is 21.4 Å². The lowest BCUT2D eigenvalue weighted by Gasteiger charge is -2.16. The van der Waals surface area contributed by atoms with Gasteiger partial charge in [0.15, 0.2) is 6.04 Å². The second-order valence-electron chi connectivity index (χ2n) is 3.86. The molecule has 0 aliphatic carbocycles. The minimum Gasteiger partial charge on any atom is -0.480 e. The number of rotatable bonds is 4. The highest BCUT2D eigenvalue weighted by Crippen LogP contribution is 2.20. The summed E-state index contributed by atoms with van der Waals surface area (Å²) >= 11 is 1.47. The van der Waals surface area contributed by atoms with Crippen LogP contribution in [0.1, 0.15) is 27.0 Å². The topological polar surface area (TPSA) is 86.6 Å². The van der Waals surface area contributed by atoms with E-state index in [0.29, 0.717) is 5.56 Å². The molecule has 1 heterocycles. The molecule has 1 amide bonds. The molecule has 0 aliphatic heterocycles. The number of aryl methyl sites for hydroxylation is 2. The summed E-state index contributed by atoms with van der Waals surface area (Å²) in [6, 6.07) is 0.415. The van der Waals surface area contributed by atoms with Crippen LogP contribution in [0.2, 0.25) is 0 Å². The van der Waals surface area contributed by atoms with Crippen LogP contribution in [0.4, 0.5) is 0 Å². The number of carboxylic acids is 1. The number of aliphatic carboxylic acids is 1. The Hall–Kier alpha value is -1.40. The fourth-order valence-corrected chi connectivity index (χ4v) is 2.39. The first-order valence-electron chi connectivity index (χ1n) is 5.11. The van der Waals surface area contributed by atoms with E-state index in [9.17, 15) is 14.7 Å². The minimum atomic E-state index is -1.29. The summed E-state index contributed by atoms with van der Waals surface area (Å²) < 4.78 is 0. The number of hydrogen-bond acceptors (Lipinski definition) is 4. The van der Waals surface area contributed by atoms with E-state index < -0.39 is 24.0 Å². The van der Waals surface area contributed by atoms with Gasteiger partial charge in [-0.2, -0.15) is 0 Å². The van der Waals surface area contributed by atoms with E-state index in [2.05, 4.69) is 5.32 Å². The zero-order valence-electron chi connectivity index (χ0n) is 9.85. The number of amides is 1. The molecule has 0 aromatic carbocycles. The summed E-state index contributed by atoms with van der Waals surface area (Å²) in [5, 5.41) is 20.4. The van der Waals surface area contributed by atoms with Crippen molar-refractivity contribution < 1.29 is 19.8 Å². The maximum atomic E-state index is 11.8. The lowest BCUT2D eigenvalue weighted by Crippen LogP contribution is -2.47. The van der Waals surface area contributed by atoms with Gasteiger partial charge < -0.3 is 15.5 Å². The summed E-state index contributed by atoms with van der Waals surface area (Å²) in [6.45, 7) is 4.99. The second-order valence-corrected chi connectivity index (χ2v) is 5.32. The average Bonchev–Trinajstić information content (AvgIpc) is 2.53. The standard InChI is InChI=1S/C11H15NO4S/c1-5-4-8(7(3)17-5)10(14)12-9(6(2)13)11(15)16/h4,6,9,13H,1-3H3,(H,12,14)(H,15,16). The molecule has 1 rings (SSSR count). The zero-order chi connectivity index (χ0) is 13.2. The molecular formula is C11H15NO4S. The molecule has 1 aromatic rings. The van der Waals surface area contributed by atoms with Crippen LogP contribution in [0.3, 0.4) is 0 Å². The summed E-state index contributed by atoms with van der Waals surface area (Å²) in [7, 11) is 0. The van der Waals surface area contributed by atoms with Crippen LogP contribution < -0.4 is 5.32 Å². The van der Waals surface area contributed by atoms with E-state index in [1.54, 1.807) is 13.0 Å². The van der Waals surface area contributed by atoms with Crippen molar-refractivity contribution in [2.24, 2.45) is 0 Å². The molecule has 2 unspecified atom stereocenters. The largest absolute Gasteiger partial charge is 0.480 e. The van der Waals surface area contributed by atoms with Crippen LogP contribution in [0.25, 0.3) is 0 Å². The first-order valence-corrected chi connectivity index (χ1v) is 5.93. The van der Waals surface area contributed by atoms with Gasteiger partial charge in [-0.15, -0.1) is 11.3 Å². The van der Waals surface area contributed by atoms with Crippen molar-refractivity contribution >= 4 is 23.2 Å². The number of carboxylic acid groups (broad SMARTS) is 1. The molecule has 0 radical (unpaired) electrons. The van der Waals surface area contributed by atoms with Crippen LogP contribution in [-0.4, -0.2) is 34.2 Å². The molecule has 0 aliphatic rings. The van der Waals surface area contributed by atoms with Crippen LogP contribution in [0.15, 0.2) is 6.07 Å². The van der Waals surface area contributed by atoms with Crippen LogP contribution in [-0.2, 0) is 4.79 Å². The third kappa shape index (κ3) is 3.28. The Labute approximate surface area is 103 Å². The second kappa shape index (κ2) is 5.29.